The number of nitro benzene ring substituents is 1. The van der Waals surface area contributed by atoms with Crippen LogP contribution < -0.4 is 0 Å². The molecule has 1 aromatic heterocycles. The second-order valence-electron chi connectivity index (χ2n) is 7.18. The van der Waals surface area contributed by atoms with Crippen LogP contribution in [0.4, 0.5) is 5.69 Å². The van der Waals surface area contributed by atoms with Crippen LogP contribution in [-0.2, 0) is 17.1 Å². The first-order chi connectivity index (χ1) is 14.9. The Morgan fingerprint density at radius 1 is 1.03 bits per heavy atom. The highest BCUT2D eigenvalue weighted by Crippen LogP contribution is 2.37. The lowest BCUT2D eigenvalue weighted by Crippen LogP contribution is -2.35. The van der Waals surface area contributed by atoms with Crippen LogP contribution in [0.2, 0.25) is 0 Å². The normalized spacial score (nSPS) is 15.1. The molecule has 1 aliphatic heterocycles. The predicted octanol–water partition coefficient (Wildman–Crippen LogP) is 3.72. The highest BCUT2D eigenvalue weighted by molar-refractivity contribution is 7.99. The van der Waals surface area contributed by atoms with Gasteiger partial charge in [0.25, 0.3) is 5.69 Å². The average molecular weight is 460 g/mol. The smallest absolute Gasteiger partial charge is 0.284 e. The zero-order valence-electron chi connectivity index (χ0n) is 16.8. The van der Waals surface area contributed by atoms with E-state index in [1.165, 1.54) is 16.4 Å². The maximum Gasteiger partial charge on any atom is 0.284 e. The van der Waals surface area contributed by atoms with Gasteiger partial charge < -0.3 is 4.57 Å². The van der Waals surface area contributed by atoms with Crippen LogP contribution in [-0.4, -0.2) is 45.5 Å². The van der Waals surface area contributed by atoms with E-state index in [0.29, 0.717) is 29.0 Å². The molecular formula is C20H21N5O4S2. The van der Waals surface area contributed by atoms with Gasteiger partial charge in [-0.15, -0.1) is 10.2 Å². The Balaban J connectivity index is 1.66. The van der Waals surface area contributed by atoms with Crippen molar-refractivity contribution in [2.75, 3.05) is 13.1 Å². The fraction of sp³-hybridized carbons (Fsp3) is 0.300. The summed E-state index contributed by atoms with van der Waals surface area (Å²) in [6, 6.07) is 13.5. The summed E-state index contributed by atoms with van der Waals surface area (Å²) in [6.45, 7) is 0.877. The Morgan fingerprint density at radius 2 is 1.74 bits per heavy atom. The lowest BCUT2D eigenvalue weighted by atomic mass is 10.2. The number of aromatic nitrogens is 3. The maximum absolute atomic E-state index is 12.9. The summed E-state index contributed by atoms with van der Waals surface area (Å²) in [5.74, 6) is 0.634. The largest absolute Gasteiger partial charge is 0.305 e. The van der Waals surface area contributed by atoms with Crippen LogP contribution in [0.5, 0.6) is 0 Å². The van der Waals surface area contributed by atoms with Gasteiger partial charge in [-0.2, -0.15) is 4.31 Å². The van der Waals surface area contributed by atoms with Gasteiger partial charge in [0.1, 0.15) is 0 Å². The monoisotopic (exact) mass is 459 g/mol. The average Bonchev–Trinajstić information content (AvgIpc) is 3.15. The van der Waals surface area contributed by atoms with Gasteiger partial charge >= 0.3 is 0 Å². The number of sulfonamides is 1. The second-order valence-corrected chi connectivity index (χ2v) is 10.1. The molecule has 0 amide bonds. The van der Waals surface area contributed by atoms with Crippen LogP contribution in [0, 0.1) is 10.1 Å². The third-order valence-electron chi connectivity index (χ3n) is 5.15. The third-order valence-corrected chi connectivity index (χ3v) is 8.15. The fourth-order valence-electron chi connectivity index (χ4n) is 3.48. The molecule has 162 valence electrons. The van der Waals surface area contributed by atoms with E-state index in [1.807, 2.05) is 30.3 Å². The van der Waals surface area contributed by atoms with Gasteiger partial charge in [0, 0.05) is 31.8 Å². The van der Waals surface area contributed by atoms with E-state index in [9.17, 15) is 18.5 Å². The molecular weight excluding hydrogens is 438 g/mol. The molecule has 1 saturated heterocycles. The fourth-order valence-corrected chi connectivity index (χ4v) is 5.90. The summed E-state index contributed by atoms with van der Waals surface area (Å²) in [7, 11) is -1.98. The third kappa shape index (κ3) is 4.34. The summed E-state index contributed by atoms with van der Waals surface area (Å²) in [5, 5.41) is 20.5. The van der Waals surface area contributed by atoms with E-state index in [-0.39, 0.29) is 10.6 Å². The minimum atomic E-state index is -3.76. The summed E-state index contributed by atoms with van der Waals surface area (Å²) in [6.07, 6.45) is 2.58. The number of benzene rings is 2. The molecule has 11 heteroatoms. The molecule has 2 aromatic carbocycles. The molecule has 0 saturated carbocycles. The van der Waals surface area contributed by atoms with Crippen molar-refractivity contribution in [3.8, 4) is 11.4 Å². The Bertz CT molecular complexity index is 1210. The lowest BCUT2D eigenvalue weighted by molar-refractivity contribution is -0.388. The zero-order valence-corrected chi connectivity index (χ0v) is 18.5. The highest BCUT2D eigenvalue weighted by atomic mass is 32.2. The van der Waals surface area contributed by atoms with E-state index in [1.54, 1.807) is 11.6 Å². The Morgan fingerprint density at radius 3 is 2.42 bits per heavy atom. The molecule has 0 aliphatic carbocycles. The molecule has 0 spiro atoms. The van der Waals surface area contributed by atoms with E-state index in [2.05, 4.69) is 10.2 Å². The van der Waals surface area contributed by atoms with Gasteiger partial charge in [-0.3, -0.25) is 10.1 Å². The van der Waals surface area contributed by atoms with Gasteiger partial charge in [-0.1, -0.05) is 36.8 Å². The van der Waals surface area contributed by atoms with E-state index < -0.39 is 14.9 Å². The molecule has 0 N–H and O–H groups in total. The Hall–Kier alpha value is -2.76. The molecule has 9 nitrogen and oxygen atoms in total. The van der Waals surface area contributed by atoms with E-state index >= 15 is 0 Å². The van der Waals surface area contributed by atoms with Gasteiger partial charge in [0.05, 0.1) is 14.7 Å². The molecule has 31 heavy (non-hydrogen) atoms. The first-order valence-electron chi connectivity index (χ1n) is 9.79. The quantitative estimate of drug-likeness (QED) is 0.408. The van der Waals surface area contributed by atoms with Crippen molar-refractivity contribution in [2.24, 2.45) is 7.05 Å². The summed E-state index contributed by atoms with van der Waals surface area (Å²) in [4.78, 5) is 11.4. The zero-order chi connectivity index (χ0) is 22.0. The molecule has 1 fully saturated rings. The number of nitrogens with zero attached hydrogens (tertiary/aromatic N) is 5. The minimum absolute atomic E-state index is 0.0617. The van der Waals surface area contributed by atoms with Crippen molar-refractivity contribution >= 4 is 27.5 Å². The molecule has 2 heterocycles. The second kappa shape index (κ2) is 8.77. The molecule has 1 aliphatic rings. The van der Waals surface area contributed by atoms with Gasteiger partial charge in [0.15, 0.2) is 11.0 Å². The lowest BCUT2D eigenvalue weighted by Gasteiger charge is -2.25. The molecule has 0 radical (unpaired) electrons. The van der Waals surface area contributed by atoms with Crippen LogP contribution in [0.25, 0.3) is 11.4 Å². The number of hydrogen-bond acceptors (Lipinski definition) is 7. The SMILES string of the molecule is Cn1c(Sc2ccc(S(=O)(=O)N3CCCCC3)cc2[N+](=O)[O-])nnc1-c1ccccc1. The van der Waals surface area contributed by atoms with Crippen molar-refractivity contribution in [2.45, 2.75) is 34.2 Å². The van der Waals surface area contributed by atoms with Gasteiger partial charge in [-0.05, 0) is 36.7 Å². The summed E-state index contributed by atoms with van der Waals surface area (Å²) < 4.78 is 29.0. The van der Waals surface area contributed by atoms with Crippen LogP contribution in [0.1, 0.15) is 19.3 Å². The minimum Gasteiger partial charge on any atom is -0.305 e. The number of piperidine rings is 1. The van der Waals surface area contributed by atoms with Crippen molar-refractivity contribution < 1.29 is 13.3 Å². The molecule has 0 unspecified atom stereocenters. The van der Waals surface area contributed by atoms with Gasteiger partial charge in [0.2, 0.25) is 10.0 Å². The number of hydrogen-bond donors (Lipinski definition) is 0. The summed E-state index contributed by atoms with van der Waals surface area (Å²) in [5.41, 5.74) is 0.606. The Kier molecular flexibility index (Phi) is 6.08. The topological polar surface area (TPSA) is 111 Å². The first kappa shape index (κ1) is 21.5. The maximum atomic E-state index is 12.9. The van der Waals surface area contributed by atoms with Crippen molar-refractivity contribution in [1.29, 1.82) is 0 Å². The number of nitro groups is 1. The highest BCUT2D eigenvalue weighted by Gasteiger charge is 2.29. The van der Waals surface area contributed by atoms with Crippen LogP contribution in [0.3, 0.4) is 0 Å². The van der Waals surface area contributed by atoms with E-state index in [4.69, 9.17) is 0 Å². The van der Waals surface area contributed by atoms with Crippen molar-refractivity contribution in [3.63, 3.8) is 0 Å². The Labute approximate surface area is 184 Å². The van der Waals surface area contributed by atoms with Crippen molar-refractivity contribution in [3.05, 3.63) is 58.6 Å². The molecule has 0 atom stereocenters. The molecule has 0 bridgehead atoms. The van der Waals surface area contributed by atoms with Crippen molar-refractivity contribution in [1.82, 2.24) is 19.1 Å². The predicted molar refractivity (Wildman–Crippen MR) is 116 cm³/mol. The number of rotatable bonds is 6. The van der Waals surface area contributed by atoms with Gasteiger partial charge in [-0.25, -0.2) is 8.42 Å². The standard InChI is InChI=1S/C20H21N5O4S2/c1-23-19(15-8-4-2-5-9-15)21-22-20(23)30-18-11-10-16(14-17(18)25(26)27)31(28,29)24-12-6-3-7-13-24/h2,4-5,8-11,14H,3,6-7,12-13H2,1H3. The molecule has 3 aromatic rings. The summed E-state index contributed by atoms with van der Waals surface area (Å²) >= 11 is 1.08. The first-order valence-corrected chi connectivity index (χ1v) is 12.0. The van der Waals surface area contributed by atoms with E-state index in [0.717, 1.165) is 42.7 Å². The van der Waals surface area contributed by atoms with Crippen LogP contribution in [0.15, 0.2) is 63.5 Å². The molecule has 4 rings (SSSR count). The van der Waals surface area contributed by atoms with Crippen LogP contribution >= 0.6 is 11.8 Å².